The zero-order chi connectivity index (χ0) is 12.2. The van der Waals surface area contributed by atoms with Crippen molar-refractivity contribution in [1.82, 2.24) is 0 Å². The summed E-state index contributed by atoms with van der Waals surface area (Å²) in [6.07, 6.45) is -4.15. The predicted molar refractivity (Wildman–Crippen MR) is 56.0 cm³/mol. The van der Waals surface area contributed by atoms with Gasteiger partial charge in [-0.25, -0.2) is 13.2 Å². The summed E-state index contributed by atoms with van der Waals surface area (Å²) < 4.78 is 51.8. The molecule has 1 saturated heterocycles. The van der Waals surface area contributed by atoms with Gasteiger partial charge in [0, 0.05) is 16.0 Å². The predicted octanol–water partition coefficient (Wildman–Crippen LogP) is 2.68. The van der Waals surface area contributed by atoms with Crippen molar-refractivity contribution < 1.29 is 22.6 Å². The fraction of sp³-hybridized carbons (Fsp3) is 0.455. The number of benzene rings is 1. The maximum absolute atomic E-state index is 14.0. The SMILES string of the molecule is Fc1ccc(S)c2c1C(F)[C@@H](F)C21OCCO1. The quantitative estimate of drug-likeness (QED) is 0.725. The van der Waals surface area contributed by atoms with Crippen molar-refractivity contribution in [1.29, 1.82) is 0 Å². The van der Waals surface area contributed by atoms with Crippen LogP contribution in [0.15, 0.2) is 17.0 Å². The zero-order valence-corrected chi connectivity index (χ0v) is 9.52. The number of ether oxygens (including phenoxy) is 2. The average Bonchev–Trinajstić information content (AvgIpc) is 2.86. The molecule has 1 fully saturated rings. The molecule has 1 spiro atoms. The second-order valence-corrected chi connectivity index (χ2v) is 4.50. The molecule has 1 unspecified atom stereocenters. The highest BCUT2D eigenvalue weighted by atomic mass is 32.1. The van der Waals surface area contributed by atoms with Gasteiger partial charge in [-0.1, -0.05) is 0 Å². The minimum absolute atomic E-state index is 0.0401. The van der Waals surface area contributed by atoms with E-state index < -0.39 is 23.9 Å². The molecular formula is C11H9F3O2S. The topological polar surface area (TPSA) is 18.5 Å². The molecule has 92 valence electrons. The Labute approximate surface area is 101 Å². The monoisotopic (exact) mass is 262 g/mol. The molecule has 2 atom stereocenters. The first-order chi connectivity index (χ1) is 8.08. The molecule has 2 aliphatic rings. The maximum Gasteiger partial charge on any atom is 0.232 e. The molecule has 2 nitrogen and oxygen atoms in total. The van der Waals surface area contributed by atoms with Crippen LogP contribution < -0.4 is 0 Å². The van der Waals surface area contributed by atoms with Crippen LogP contribution in [0, 0.1) is 5.82 Å². The lowest BCUT2D eigenvalue weighted by Gasteiger charge is -2.26. The molecule has 1 heterocycles. The van der Waals surface area contributed by atoms with Crippen molar-refractivity contribution in [3.8, 4) is 0 Å². The molecule has 1 aromatic rings. The van der Waals surface area contributed by atoms with Crippen molar-refractivity contribution in [3.05, 3.63) is 29.1 Å². The lowest BCUT2D eigenvalue weighted by atomic mass is 10.1. The summed E-state index contributed by atoms with van der Waals surface area (Å²) in [6, 6.07) is 2.41. The summed E-state index contributed by atoms with van der Waals surface area (Å²) in [4.78, 5) is 0.270. The Hall–Kier alpha value is -0.720. The summed E-state index contributed by atoms with van der Waals surface area (Å²) in [6.45, 7) is 0.298. The second-order valence-electron chi connectivity index (χ2n) is 4.02. The van der Waals surface area contributed by atoms with Gasteiger partial charge in [0.15, 0.2) is 12.3 Å². The van der Waals surface area contributed by atoms with E-state index in [9.17, 15) is 13.2 Å². The Bertz CT molecular complexity index is 474. The highest BCUT2D eigenvalue weighted by molar-refractivity contribution is 7.80. The molecule has 1 aliphatic heterocycles. The van der Waals surface area contributed by atoms with Crippen LogP contribution in [0.4, 0.5) is 13.2 Å². The Morgan fingerprint density at radius 1 is 1.24 bits per heavy atom. The molecule has 0 amide bonds. The van der Waals surface area contributed by atoms with Gasteiger partial charge in [0.25, 0.3) is 0 Å². The van der Waals surface area contributed by atoms with E-state index in [1.54, 1.807) is 0 Å². The average molecular weight is 262 g/mol. The molecule has 3 rings (SSSR count). The number of thiol groups is 1. The third-order valence-electron chi connectivity index (χ3n) is 3.13. The van der Waals surface area contributed by atoms with Gasteiger partial charge >= 0.3 is 0 Å². The first kappa shape index (κ1) is 11.4. The van der Waals surface area contributed by atoms with Gasteiger partial charge < -0.3 is 9.47 Å². The Morgan fingerprint density at radius 3 is 2.53 bits per heavy atom. The summed E-state index contributed by atoms with van der Waals surface area (Å²) in [5.41, 5.74) is -0.301. The summed E-state index contributed by atoms with van der Waals surface area (Å²) in [5.74, 6) is -2.63. The van der Waals surface area contributed by atoms with E-state index in [1.165, 1.54) is 6.07 Å². The highest BCUT2D eigenvalue weighted by Crippen LogP contribution is 2.54. The third kappa shape index (κ3) is 1.31. The third-order valence-corrected chi connectivity index (χ3v) is 3.50. The first-order valence-electron chi connectivity index (χ1n) is 5.16. The standard InChI is InChI=1S/C11H9F3O2S/c12-5-1-2-6(17)8-7(5)9(13)10(14)11(8)15-3-4-16-11/h1-2,9-10,17H,3-4H2/t9?,10-/m1/s1. The second kappa shape index (κ2) is 3.63. The van der Waals surface area contributed by atoms with Crippen molar-refractivity contribution in [2.45, 2.75) is 23.0 Å². The molecule has 17 heavy (non-hydrogen) atoms. The maximum atomic E-state index is 14.0. The minimum atomic E-state index is -2.09. The van der Waals surface area contributed by atoms with Crippen LogP contribution >= 0.6 is 12.6 Å². The Kier molecular flexibility index (Phi) is 2.43. The molecular weight excluding hydrogens is 253 g/mol. The molecule has 0 radical (unpaired) electrons. The lowest BCUT2D eigenvalue weighted by molar-refractivity contribution is -0.213. The number of hydrogen-bond donors (Lipinski definition) is 1. The van der Waals surface area contributed by atoms with E-state index in [4.69, 9.17) is 9.47 Å². The Balaban J connectivity index is 2.28. The van der Waals surface area contributed by atoms with Gasteiger partial charge in [0.05, 0.1) is 13.2 Å². The smallest absolute Gasteiger partial charge is 0.232 e. The van der Waals surface area contributed by atoms with Gasteiger partial charge in [0.1, 0.15) is 5.82 Å². The van der Waals surface area contributed by atoms with E-state index in [1.807, 2.05) is 0 Å². The minimum Gasteiger partial charge on any atom is -0.341 e. The zero-order valence-electron chi connectivity index (χ0n) is 8.62. The number of hydrogen-bond acceptors (Lipinski definition) is 3. The molecule has 6 heteroatoms. The van der Waals surface area contributed by atoms with Gasteiger partial charge in [-0.3, -0.25) is 0 Å². The largest absolute Gasteiger partial charge is 0.341 e. The molecule has 1 aliphatic carbocycles. The van der Waals surface area contributed by atoms with Crippen molar-refractivity contribution in [3.63, 3.8) is 0 Å². The van der Waals surface area contributed by atoms with E-state index in [-0.39, 0.29) is 29.2 Å². The normalized spacial score (nSPS) is 29.9. The van der Waals surface area contributed by atoms with Gasteiger partial charge in [-0.15, -0.1) is 12.6 Å². The van der Waals surface area contributed by atoms with Crippen LogP contribution in [0.25, 0.3) is 0 Å². The first-order valence-corrected chi connectivity index (χ1v) is 5.60. The van der Waals surface area contributed by atoms with Crippen LogP contribution in [0.1, 0.15) is 17.3 Å². The van der Waals surface area contributed by atoms with E-state index in [2.05, 4.69) is 12.6 Å². The Morgan fingerprint density at radius 2 is 1.88 bits per heavy atom. The van der Waals surface area contributed by atoms with Crippen LogP contribution in [-0.4, -0.2) is 19.4 Å². The van der Waals surface area contributed by atoms with Crippen molar-refractivity contribution in [2.75, 3.05) is 13.2 Å². The van der Waals surface area contributed by atoms with E-state index in [0.29, 0.717) is 0 Å². The van der Waals surface area contributed by atoms with Crippen LogP contribution in [0.3, 0.4) is 0 Å². The van der Waals surface area contributed by atoms with Crippen molar-refractivity contribution in [2.24, 2.45) is 0 Å². The van der Waals surface area contributed by atoms with Gasteiger partial charge in [-0.2, -0.15) is 0 Å². The fourth-order valence-electron chi connectivity index (χ4n) is 2.43. The summed E-state index contributed by atoms with van der Waals surface area (Å²) in [5, 5.41) is 0. The van der Waals surface area contributed by atoms with E-state index in [0.717, 1.165) is 6.07 Å². The molecule has 1 aromatic carbocycles. The number of halogens is 3. The van der Waals surface area contributed by atoms with Gasteiger partial charge in [-0.05, 0) is 12.1 Å². The van der Waals surface area contributed by atoms with Crippen LogP contribution in [0.5, 0.6) is 0 Å². The van der Waals surface area contributed by atoms with Gasteiger partial charge in [0.2, 0.25) is 5.79 Å². The molecule has 0 aromatic heterocycles. The van der Waals surface area contributed by atoms with Crippen LogP contribution in [0.2, 0.25) is 0 Å². The number of alkyl halides is 2. The summed E-state index contributed by atoms with van der Waals surface area (Å²) >= 11 is 4.11. The lowest BCUT2D eigenvalue weighted by Crippen LogP contribution is -2.35. The molecule has 0 saturated carbocycles. The van der Waals surface area contributed by atoms with E-state index >= 15 is 0 Å². The fourth-order valence-corrected chi connectivity index (χ4v) is 2.78. The number of rotatable bonds is 0. The number of fused-ring (bicyclic) bond motifs is 2. The van der Waals surface area contributed by atoms with Crippen LogP contribution in [-0.2, 0) is 15.3 Å². The molecule has 0 bridgehead atoms. The molecule has 0 N–H and O–H groups in total. The highest BCUT2D eigenvalue weighted by Gasteiger charge is 2.60. The van der Waals surface area contributed by atoms with Crippen molar-refractivity contribution >= 4 is 12.6 Å². The summed E-state index contributed by atoms with van der Waals surface area (Å²) in [7, 11) is 0.